The molecule has 14 heavy (non-hydrogen) atoms. The fraction of sp³-hybridized carbons (Fsp3) is 0.900. The Morgan fingerprint density at radius 3 is 2.50 bits per heavy atom. The first-order valence-electron chi connectivity index (χ1n) is 4.86. The molecule has 0 heterocycles. The monoisotopic (exact) mass is 203 g/mol. The summed E-state index contributed by atoms with van der Waals surface area (Å²) in [6.07, 6.45) is 0. The maximum absolute atomic E-state index is 11.2. The van der Waals surface area contributed by atoms with Crippen LogP contribution in [-0.2, 0) is 9.53 Å². The number of aliphatic hydroxyl groups excluding tert-OH is 1. The number of hydrogen-bond acceptors (Lipinski definition) is 3. The van der Waals surface area contributed by atoms with Crippen LogP contribution in [0.15, 0.2) is 0 Å². The predicted molar refractivity (Wildman–Crippen MR) is 55.0 cm³/mol. The van der Waals surface area contributed by atoms with E-state index in [0.29, 0.717) is 6.54 Å². The molecular weight excluding hydrogens is 182 g/mol. The summed E-state index contributed by atoms with van der Waals surface area (Å²) in [7, 11) is 0. The summed E-state index contributed by atoms with van der Waals surface area (Å²) in [6, 6.07) is 0. The molecule has 0 aliphatic rings. The van der Waals surface area contributed by atoms with Crippen LogP contribution in [0.25, 0.3) is 0 Å². The fourth-order valence-electron chi connectivity index (χ4n) is 0.686. The molecule has 0 aliphatic carbocycles. The first kappa shape index (κ1) is 13.4. The maximum atomic E-state index is 11.2. The first-order valence-corrected chi connectivity index (χ1v) is 4.86. The van der Waals surface area contributed by atoms with Crippen molar-refractivity contribution in [3.05, 3.63) is 0 Å². The van der Waals surface area contributed by atoms with Crippen LogP contribution in [0.5, 0.6) is 0 Å². The molecule has 0 aromatic carbocycles. The Balaban J connectivity index is 3.57. The largest absolute Gasteiger partial charge is 0.396 e. The van der Waals surface area contributed by atoms with Gasteiger partial charge < -0.3 is 15.2 Å². The van der Waals surface area contributed by atoms with Gasteiger partial charge in [0.15, 0.2) is 0 Å². The van der Waals surface area contributed by atoms with Crippen molar-refractivity contribution in [3.8, 4) is 0 Å². The Morgan fingerprint density at radius 2 is 2.07 bits per heavy atom. The Labute approximate surface area is 85.6 Å². The van der Waals surface area contributed by atoms with Crippen molar-refractivity contribution in [3.63, 3.8) is 0 Å². The highest BCUT2D eigenvalue weighted by atomic mass is 16.5. The second kappa shape index (κ2) is 5.98. The van der Waals surface area contributed by atoms with E-state index in [0.717, 1.165) is 0 Å². The molecule has 4 nitrogen and oxygen atoms in total. The Bertz CT molecular complexity index is 175. The number of carbonyl (C=O) groups is 1. The molecule has 0 rings (SSSR count). The number of hydrogen-bond donors (Lipinski definition) is 2. The van der Waals surface area contributed by atoms with Crippen LogP contribution in [0.4, 0.5) is 0 Å². The standard InChI is InChI=1S/C10H21NO3/c1-8(6-12)5-11-9(13)7-14-10(2,3)4/h8,12H,5-7H2,1-4H3,(H,11,13). The molecule has 4 heteroatoms. The Kier molecular flexibility index (Phi) is 5.72. The van der Waals surface area contributed by atoms with E-state index in [1.54, 1.807) is 0 Å². The van der Waals surface area contributed by atoms with E-state index >= 15 is 0 Å². The second-order valence-electron chi connectivity index (χ2n) is 4.49. The van der Waals surface area contributed by atoms with Crippen LogP contribution in [0, 0.1) is 5.92 Å². The van der Waals surface area contributed by atoms with E-state index in [4.69, 9.17) is 9.84 Å². The molecule has 0 bridgehead atoms. The summed E-state index contributed by atoms with van der Waals surface area (Å²) >= 11 is 0. The zero-order valence-electron chi connectivity index (χ0n) is 9.46. The summed E-state index contributed by atoms with van der Waals surface area (Å²) in [6.45, 7) is 8.21. The van der Waals surface area contributed by atoms with Gasteiger partial charge in [-0.05, 0) is 26.7 Å². The molecule has 0 aliphatic heterocycles. The number of ether oxygens (including phenoxy) is 1. The van der Waals surface area contributed by atoms with Gasteiger partial charge in [-0.3, -0.25) is 4.79 Å². The number of aliphatic hydroxyl groups is 1. The molecule has 2 N–H and O–H groups in total. The van der Waals surface area contributed by atoms with Gasteiger partial charge in [-0.25, -0.2) is 0 Å². The minimum Gasteiger partial charge on any atom is -0.396 e. The zero-order chi connectivity index (χ0) is 11.2. The predicted octanol–water partition coefficient (Wildman–Crippen LogP) is 0.546. The molecule has 0 saturated carbocycles. The highest BCUT2D eigenvalue weighted by Crippen LogP contribution is 2.05. The zero-order valence-corrected chi connectivity index (χ0v) is 9.46. The third-order valence-corrected chi connectivity index (χ3v) is 1.60. The molecule has 0 radical (unpaired) electrons. The molecule has 84 valence electrons. The number of carbonyl (C=O) groups excluding carboxylic acids is 1. The van der Waals surface area contributed by atoms with Gasteiger partial charge >= 0.3 is 0 Å². The lowest BCUT2D eigenvalue weighted by Crippen LogP contribution is -2.35. The molecule has 0 spiro atoms. The summed E-state index contributed by atoms with van der Waals surface area (Å²) < 4.78 is 5.28. The van der Waals surface area contributed by atoms with Gasteiger partial charge in [0.1, 0.15) is 6.61 Å². The van der Waals surface area contributed by atoms with E-state index in [9.17, 15) is 4.79 Å². The van der Waals surface area contributed by atoms with Gasteiger partial charge in [0, 0.05) is 13.2 Å². The van der Waals surface area contributed by atoms with Gasteiger partial charge in [0.2, 0.25) is 5.91 Å². The SMILES string of the molecule is CC(CO)CNC(=O)COC(C)(C)C. The van der Waals surface area contributed by atoms with Crippen molar-refractivity contribution in [1.29, 1.82) is 0 Å². The minimum absolute atomic E-state index is 0.0711. The molecular formula is C10H21NO3. The summed E-state index contributed by atoms with van der Waals surface area (Å²) in [5, 5.41) is 11.4. The van der Waals surface area contributed by atoms with Crippen molar-refractivity contribution in [1.82, 2.24) is 5.32 Å². The van der Waals surface area contributed by atoms with Gasteiger partial charge in [-0.1, -0.05) is 6.92 Å². The lowest BCUT2D eigenvalue weighted by molar-refractivity contribution is -0.130. The van der Waals surface area contributed by atoms with E-state index in [2.05, 4.69) is 5.32 Å². The maximum Gasteiger partial charge on any atom is 0.246 e. The van der Waals surface area contributed by atoms with Crippen LogP contribution in [0.2, 0.25) is 0 Å². The fourth-order valence-corrected chi connectivity index (χ4v) is 0.686. The lowest BCUT2D eigenvalue weighted by Gasteiger charge is -2.19. The van der Waals surface area contributed by atoms with Crippen molar-refractivity contribution >= 4 is 5.91 Å². The van der Waals surface area contributed by atoms with Gasteiger partial charge in [0.05, 0.1) is 5.60 Å². The van der Waals surface area contributed by atoms with E-state index < -0.39 is 0 Å². The quantitative estimate of drug-likeness (QED) is 0.686. The summed E-state index contributed by atoms with van der Waals surface area (Å²) in [5.41, 5.74) is -0.292. The number of amides is 1. The van der Waals surface area contributed by atoms with Gasteiger partial charge in [-0.15, -0.1) is 0 Å². The highest BCUT2D eigenvalue weighted by molar-refractivity contribution is 5.77. The van der Waals surface area contributed by atoms with E-state index in [1.165, 1.54) is 0 Å². The van der Waals surface area contributed by atoms with E-state index in [-0.39, 0.29) is 30.6 Å². The molecule has 0 fully saturated rings. The van der Waals surface area contributed by atoms with Crippen LogP contribution in [0.3, 0.4) is 0 Å². The summed E-state index contributed by atoms with van der Waals surface area (Å²) in [4.78, 5) is 11.2. The first-order chi connectivity index (χ1) is 6.35. The number of rotatable bonds is 5. The van der Waals surface area contributed by atoms with Crippen LogP contribution in [-0.4, -0.2) is 36.4 Å². The molecule has 0 aromatic heterocycles. The Hall–Kier alpha value is -0.610. The minimum atomic E-state index is -0.292. The summed E-state index contributed by atoms with van der Waals surface area (Å²) in [5.74, 6) is -0.0474. The average molecular weight is 203 g/mol. The normalized spacial score (nSPS) is 13.8. The molecule has 1 amide bonds. The average Bonchev–Trinajstić information content (AvgIpc) is 2.09. The molecule has 0 aromatic rings. The highest BCUT2D eigenvalue weighted by Gasteiger charge is 2.12. The van der Waals surface area contributed by atoms with Crippen LogP contribution < -0.4 is 5.32 Å². The molecule has 1 atom stereocenters. The third-order valence-electron chi connectivity index (χ3n) is 1.60. The van der Waals surface area contributed by atoms with Crippen molar-refractivity contribution in [2.45, 2.75) is 33.3 Å². The van der Waals surface area contributed by atoms with Gasteiger partial charge in [-0.2, -0.15) is 0 Å². The van der Waals surface area contributed by atoms with Crippen LogP contribution in [0.1, 0.15) is 27.7 Å². The third kappa shape index (κ3) is 8.01. The Morgan fingerprint density at radius 1 is 1.50 bits per heavy atom. The van der Waals surface area contributed by atoms with Crippen molar-refractivity contribution in [2.75, 3.05) is 19.8 Å². The van der Waals surface area contributed by atoms with Crippen LogP contribution >= 0.6 is 0 Å². The van der Waals surface area contributed by atoms with E-state index in [1.807, 2.05) is 27.7 Å². The molecule has 0 saturated heterocycles. The smallest absolute Gasteiger partial charge is 0.246 e. The molecule has 1 unspecified atom stereocenters. The topological polar surface area (TPSA) is 58.6 Å². The van der Waals surface area contributed by atoms with Crippen molar-refractivity contribution in [2.24, 2.45) is 5.92 Å². The van der Waals surface area contributed by atoms with Crippen molar-refractivity contribution < 1.29 is 14.6 Å². The number of nitrogens with one attached hydrogen (secondary N) is 1. The second-order valence-corrected chi connectivity index (χ2v) is 4.49. The van der Waals surface area contributed by atoms with Gasteiger partial charge in [0.25, 0.3) is 0 Å². The lowest BCUT2D eigenvalue weighted by atomic mass is 10.2.